The van der Waals surface area contributed by atoms with Gasteiger partial charge in [-0.05, 0) is 12.1 Å². The van der Waals surface area contributed by atoms with Crippen LogP contribution in [0.5, 0.6) is 23.5 Å². The molecular weight excluding hydrogens is 350 g/mol. The first-order chi connectivity index (χ1) is 13.1. The Labute approximate surface area is 155 Å². The summed E-state index contributed by atoms with van der Waals surface area (Å²) in [6, 6.07) is 14.2. The average Bonchev–Trinajstić information content (AvgIpc) is 2.73. The molecule has 0 radical (unpaired) electrons. The van der Waals surface area contributed by atoms with E-state index < -0.39 is 5.97 Å². The van der Waals surface area contributed by atoms with E-state index in [1.807, 2.05) is 30.3 Å². The Hall–Kier alpha value is -3.68. The van der Waals surface area contributed by atoms with Gasteiger partial charge in [-0.3, -0.25) is 0 Å². The third-order valence-corrected chi connectivity index (χ3v) is 3.58. The lowest BCUT2D eigenvalue weighted by Gasteiger charge is -2.11. The van der Waals surface area contributed by atoms with Gasteiger partial charge >= 0.3 is 12.0 Å². The molecule has 8 heteroatoms. The van der Waals surface area contributed by atoms with Crippen LogP contribution in [0.2, 0.25) is 0 Å². The molecule has 0 N–H and O–H groups in total. The molecule has 27 heavy (non-hydrogen) atoms. The van der Waals surface area contributed by atoms with Gasteiger partial charge < -0.3 is 18.9 Å². The quantitative estimate of drug-likeness (QED) is 0.614. The summed E-state index contributed by atoms with van der Waals surface area (Å²) >= 11 is 0. The van der Waals surface area contributed by atoms with E-state index in [0.717, 1.165) is 5.56 Å². The van der Waals surface area contributed by atoms with Crippen LogP contribution in [-0.4, -0.2) is 42.3 Å². The standard InChI is InChI=1S/C19H17N3O5/c1-24-15-11-16(25-2)22-19(21-15)27-14-10-9-13(12-7-5-4-6-8-12)20-17(14)18(23)26-3/h4-11H,1-3H3. The van der Waals surface area contributed by atoms with Crippen molar-refractivity contribution in [1.82, 2.24) is 15.0 Å². The molecule has 0 unspecified atom stereocenters. The zero-order valence-corrected chi connectivity index (χ0v) is 15.0. The molecule has 3 rings (SSSR count). The molecule has 0 amide bonds. The average molecular weight is 367 g/mol. The van der Waals surface area contributed by atoms with E-state index in [0.29, 0.717) is 5.69 Å². The zero-order chi connectivity index (χ0) is 19.2. The molecule has 0 aliphatic carbocycles. The van der Waals surface area contributed by atoms with Crippen LogP contribution in [0.4, 0.5) is 0 Å². The fourth-order valence-corrected chi connectivity index (χ4v) is 2.28. The lowest BCUT2D eigenvalue weighted by atomic mass is 10.1. The molecule has 0 aliphatic rings. The van der Waals surface area contributed by atoms with Crippen molar-refractivity contribution in [3.63, 3.8) is 0 Å². The lowest BCUT2D eigenvalue weighted by Crippen LogP contribution is -2.08. The molecule has 138 valence electrons. The summed E-state index contributed by atoms with van der Waals surface area (Å²) in [6.45, 7) is 0. The maximum absolute atomic E-state index is 12.2. The van der Waals surface area contributed by atoms with Crippen molar-refractivity contribution < 1.29 is 23.7 Å². The highest BCUT2D eigenvalue weighted by molar-refractivity contribution is 5.91. The van der Waals surface area contributed by atoms with Crippen molar-refractivity contribution in [1.29, 1.82) is 0 Å². The smallest absolute Gasteiger partial charge is 0.360 e. The summed E-state index contributed by atoms with van der Waals surface area (Å²) in [5, 5.41) is 0. The zero-order valence-electron chi connectivity index (χ0n) is 15.0. The molecule has 0 saturated heterocycles. The van der Waals surface area contributed by atoms with E-state index in [4.69, 9.17) is 18.9 Å². The minimum Gasteiger partial charge on any atom is -0.481 e. The summed E-state index contributed by atoms with van der Waals surface area (Å²) in [5.41, 5.74) is 1.46. The van der Waals surface area contributed by atoms with E-state index in [-0.39, 0.29) is 29.2 Å². The number of nitrogens with zero attached hydrogens (tertiary/aromatic N) is 3. The van der Waals surface area contributed by atoms with Gasteiger partial charge in [-0.1, -0.05) is 30.3 Å². The second-order valence-corrected chi connectivity index (χ2v) is 5.24. The van der Waals surface area contributed by atoms with E-state index in [9.17, 15) is 4.79 Å². The molecular formula is C19H17N3O5. The molecule has 2 aromatic heterocycles. The number of esters is 1. The maximum atomic E-state index is 12.2. The topological polar surface area (TPSA) is 92.7 Å². The Morgan fingerprint density at radius 1 is 0.852 bits per heavy atom. The normalized spacial score (nSPS) is 10.2. The number of carbonyl (C=O) groups excluding carboxylic acids is 1. The predicted molar refractivity (Wildman–Crippen MR) is 96.2 cm³/mol. The van der Waals surface area contributed by atoms with Gasteiger partial charge in [0.25, 0.3) is 0 Å². The van der Waals surface area contributed by atoms with E-state index in [2.05, 4.69) is 15.0 Å². The summed E-state index contributed by atoms with van der Waals surface area (Å²) in [6.07, 6.45) is 0. The second kappa shape index (κ2) is 8.13. The number of rotatable bonds is 6. The fraction of sp³-hybridized carbons (Fsp3) is 0.158. The largest absolute Gasteiger partial charge is 0.481 e. The first-order valence-electron chi connectivity index (χ1n) is 7.94. The number of ether oxygens (including phenoxy) is 4. The van der Waals surface area contributed by atoms with Crippen molar-refractivity contribution in [3.8, 4) is 34.8 Å². The summed E-state index contributed by atoms with van der Waals surface area (Å²) < 4.78 is 20.7. The van der Waals surface area contributed by atoms with E-state index in [1.54, 1.807) is 12.1 Å². The van der Waals surface area contributed by atoms with Crippen molar-refractivity contribution in [2.45, 2.75) is 0 Å². The minimum absolute atomic E-state index is 0.00393. The molecule has 0 bridgehead atoms. The highest BCUT2D eigenvalue weighted by atomic mass is 16.5. The van der Waals surface area contributed by atoms with Crippen molar-refractivity contribution in [2.75, 3.05) is 21.3 Å². The Kier molecular flexibility index (Phi) is 5.46. The number of carbonyl (C=O) groups is 1. The number of methoxy groups -OCH3 is 3. The van der Waals surface area contributed by atoms with Crippen molar-refractivity contribution in [2.24, 2.45) is 0 Å². The highest BCUT2D eigenvalue weighted by Crippen LogP contribution is 2.28. The van der Waals surface area contributed by atoms with Gasteiger partial charge in [0.2, 0.25) is 11.8 Å². The Morgan fingerprint density at radius 2 is 1.52 bits per heavy atom. The third kappa shape index (κ3) is 4.12. The third-order valence-electron chi connectivity index (χ3n) is 3.58. The Balaban J connectivity index is 2.01. The summed E-state index contributed by atoms with van der Waals surface area (Å²) in [4.78, 5) is 24.7. The first kappa shape index (κ1) is 18.1. The lowest BCUT2D eigenvalue weighted by molar-refractivity contribution is 0.0591. The SMILES string of the molecule is COC(=O)c1nc(-c2ccccc2)ccc1Oc1nc(OC)cc(OC)n1. The summed E-state index contributed by atoms with van der Waals surface area (Å²) in [7, 11) is 4.19. The van der Waals surface area contributed by atoms with Crippen LogP contribution in [0.3, 0.4) is 0 Å². The van der Waals surface area contributed by atoms with E-state index in [1.165, 1.54) is 27.4 Å². The number of aromatic nitrogens is 3. The molecule has 3 aromatic rings. The van der Waals surface area contributed by atoms with Crippen LogP contribution in [-0.2, 0) is 4.74 Å². The van der Waals surface area contributed by atoms with Gasteiger partial charge in [0.1, 0.15) is 0 Å². The minimum atomic E-state index is -0.641. The van der Waals surface area contributed by atoms with Crippen LogP contribution in [0.25, 0.3) is 11.3 Å². The van der Waals surface area contributed by atoms with Crippen LogP contribution in [0.15, 0.2) is 48.5 Å². The van der Waals surface area contributed by atoms with Crippen LogP contribution in [0, 0.1) is 0 Å². The van der Waals surface area contributed by atoms with E-state index >= 15 is 0 Å². The number of hydrogen-bond donors (Lipinski definition) is 0. The van der Waals surface area contributed by atoms with Crippen LogP contribution >= 0.6 is 0 Å². The van der Waals surface area contributed by atoms with Gasteiger partial charge in [0, 0.05) is 5.56 Å². The van der Waals surface area contributed by atoms with Crippen LogP contribution in [0.1, 0.15) is 10.5 Å². The number of hydrogen-bond acceptors (Lipinski definition) is 8. The molecule has 0 saturated carbocycles. The number of pyridine rings is 1. The predicted octanol–water partition coefficient (Wildman–Crippen LogP) is 3.13. The number of benzene rings is 1. The van der Waals surface area contributed by atoms with Gasteiger partial charge in [0.05, 0.1) is 33.1 Å². The van der Waals surface area contributed by atoms with Crippen LogP contribution < -0.4 is 14.2 Å². The monoisotopic (exact) mass is 367 g/mol. The van der Waals surface area contributed by atoms with Gasteiger partial charge in [0.15, 0.2) is 11.4 Å². The van der Waals surface area contributed by atoms with Gasteiger partial charge in [-0.25, -0.2) is 9.78 Å². The van der Waals surface area contributed by atoms with Crippen molar-refractivity contribution >= 4 is 5.97 Å². The maximum Gasteiger partial charge on any atom is 0.360 e. The molecule has 0 atom stereocenters. The Morgan fingerprint density at radius 3 is 2.11 bits per heavy atom. The van der Waals surface area contributed by atoms with Crippen molar-refractivity contribution in [3.05, 3.63) is 54.2 Å². The first-order valence-corrected chi connectivity index (χ1v) is 7.94. The fourth-order valence-electron chi connectivity index (χ4n) is 2.28. The van der Waals surface area contributed by atoms with Gasteiger partial charge in [-0.15, -0.1) is 0 Å². The molecule has 1 aromatic carbocycles. The Bertz CT molecular complexity index is 925. The molecule has 0 fully saturated rings. The molecule has 0 aliphatic heterocycles. The summed E-state index contributed by atoms with van der Waals surface area (Å²) in [5.74, 6) is 0.0187. The van der Waals surface area contributed by atoms with Gasteiger partial charge in [-0.2, -0.15) is 9.97 Å². The highest BCUT2D eigenvalue weighted by Gasteiger charge is 2.19. The molecule has 8 nitrogen and oxygen atoms in total. The second-order valence-electron chi connectivity index (χ2n) is 5.24. The molecule has 0 spiro atoms. The molecule has 2 heterocycles.